The highest BCUT2D eigenvalue weighted by atomic mass is 31.2. The van der Waals surface area contributed by atoms with Crippen molar-refractivity contribution in [1.29, 1.82) is 0 Å². The van der Waals surface area contributed by atoms with Crippen molar-refractivity contribution >= 4 is 23.8 Å². The van der Waals surface area contributed by atoms with Crippen LogP contribution in [0.15, 0.2) is 91.0 Å². The minimum absolute atomic E-state index is 0.234. The Morgan fingerprint density at radius 2 is 1.32 bits per heavy atom. The van der Waals surface area contributed by atoms with E-state index in [2.05, 4.69) is 5.32 Å². The minimum atomic E-state index is -3.37. The lowest BCUT2D eigenvalue weighted by molar-refractivity contribution is -0.0253. The fourth-order valence-electron chi connectivity index (χ4n) is 4.13. The highest BCUT2D eigenvalue weighted by Gasteiger charge is 2.45. The van der Waals surface area contributed by atoms with Crippen LogP contribution in [0.5, 0.6) is 0 Å². The Hall–Kier alpha value is -2.92. The summed E-state index contributed by atoms with van der Waals surface area (Å²) >= 11 is 0. The van der Waals surface area contributed by atoms with Gasteiger partial charge >= 0.3 is 6.09 Å². The lowest BCUT2D eigenvalue weighted by Gasteiger charge is -2.36. The van der Waals surface area contributed by atoms with E-state index in [0.29, 0.717) is 10.6 Å². The molecule has 180 valence electrons. The summed E-state index contributed by atoms with van der Waals surface area (Å²) in [4.78, 5) is 12.1. The molecule has 3 aromatic carbocycles. The fraction of sp³-hybridized carbons (Fsp3) is 0.296. The normalized spacial score (nSPS) is 14.3. The van der Waals surface area contributed by atoms with Crippen LogP contribution < -0.4 is 15.9 Å². The SMILES string of the molecule is CC(C)[C@H](C(O)C(O)COC(=O)NCc1ccccc1)P(=O)(c1ccccc1)c1ccccc1. The molecule has 0 saturated heterocycles. The molecule has 7 heteroatoms. The first-order valence-corrected chi connectivity index (χ1v) is 13.1. The number of aliphatic hydroxyl groups excluding tert-OH is 2. The molecule has 6 nitrogen and oxygen atoms in total. The van der Waals surface area contributed by atoms with Crippen molar-refractivity contribution in [3.05, 3.63) is 96.6 Å². The number of ether oxygens (including phenoxy) is 1. The van der Waals surface area contributed by atoms with Gasteiger partial charge in [-0.05, 0) is 11.5 Å². The summed E-state index contributed by atoms with van der Waals surface area (Å²) in [6.45, 7) is 3.60. The number of hydrogen-bond acceptors (Lipinski definition) is 5. The van der Waals surface area contributed by atoms with Crippen molar-refractivity contribution in [2.75, 3.05) is 6.61 Å². The average molecular weight is 482 g/mol. The van der Waals surface area contributed by atoms with Gasteiger partial charge in [-0.3, -0.25) is 0 Å². The van der Waals surface area contributed by atoms with Gasteiger partial charge in [-0.1, -0.05) is 105 Å². The second kappa shape index (κ2) is 12.0. The fourth-order valence-corrected chi connectivity index (χ4v) is 7.82. The largest absolute Gasteiger partial charge is 0.447 e. The van der Waals surface area contributed by atoms with E-state index >= 15 is 0 Å². The van der Waals surface area contributed by atoms with Crippen LogP contribution in [-0.4, -0.2) is 40.8 Å². The summed E-state index contributed by atoms with van der Waals surface area (Å²) in [6.07, 6.45) is -3.49. The van der Waals surface area contributed by atoms with Crippen LogP contribution in [0.25, 0.3) is 0 Å². The Labute approximate surface area is 201 Å². The molecule has 2 unspecified atom stereocenters. The topological polar surface area (TPSA) is 95.9 Å². The highest BCUT2D eigenvalue weighted by molar-refractivity contribution is 7.79. The average Bonchev–Trinajstić information content (AvgIpc) is 2.87. The Morgan fingerprint density at radius 3 is 1.79 bits per heavy atom. The van der Waals surface area contributed by atoms with Gasteiger partial charge in [-0.25, -0.2) is 4.79 Å². The molecule has 34 heavy (non-hydrogen) atoms. The summed E-state index contributed by atoms with van der Waals surface area (Å²) < 4.78 is 19.9. The van der Waals surface area contributed by atoms with Gasteiger partial charge in [0.25, 0.3) is 0 Å². The molecule has 3 atom stereocenters. The van der Waals surface area contributed by atoms with Gasteiger partial charge < -0.3 is 24.8 Å². The first-order chi connectivity index (χ1) is 16.3. The minimum Gasteiger partial charge on any atom is -0.447 e. The van der Waals surface area contributed by atoms with Crippen molar-refractivity contribution in [1.82, 2.24) is 5.32 Å². The van der Waals surface area contributed by atoms with Crippen LogP contribution in [0, 0.1) is 5.92 Å². The number of carbonyl (C=O) groups is 1. The second-order valence-electron chi connectivity index (χ2n) is 8.56. The van der Waals surface area contributed by atoms with Gasteiger partial charge in [-0.2, -0.15) is 0 Å². The number of nitrogens with one attached hydrogen (secondary N) is 1. The predicted octanol–water partition coefficient (Wildman–Crippen LogP) is 3.67. The lowest BCUT2D eigenvalue weighted by Crippen LogP contribution is -2.46. The highest BCUT2D eigenvalue weighted by Crippen LogP contribution is 2.53. The van der Waals surface area contributed by atoms with Crippen LogP contribution in [0.1, 0.15) is 19.4 Å². The molecular formula is C27H32NO5P. The Bertz CT molecular complexity index is 1030. The number of carbonyl (C=O) groups excluding carboxylic acids is 1. The molecule has 0 aliphatic rings. The van der Waals surface area contributed by atoms with Gasteiger partial charge in [0.2, 0.25) is 0 Å². The quantitative estimate of drug-likeness (QED) is 0.384. The molecule has 3 rings (SSSR count). The number of amides is 1. The maximum atomic E-state index is 14.7. The zero-order valence-electron chi connectivity index (χ0n) is 19.5. The van der Waals surface area contributed by atoms with Crippen LogP contribution in [-0.2, 0) is 15.8 Å². The molecule has 3 N–H and O–H groups in total. The molecule has 0 aliphatic heterocycles. The van der Waals surface area contributed by atoms with Crippen molar-refractivity contribution < 1.29 is 24.3 Å². The Balaban J connectivity index is 1.76. The van der Waals surface area contributed by atoms with Crippen LogP contribution in [0.4, 0.5) is 4.79 Å². The first-order valence-electron chi connectivity index (χ1n) is 11.4. The number of alkyl carbamates (subject to hydrolysis) is 1. The molecule has 1 amide bonds. The van der Waals surface area contributed by atoms with E-state index in [0.717, 1.165) is 5.56 Å². The van der Waals surface area contributed by atoms with Gasteiger partial charge in [0.15, 0.2) is 0 Å². The number of hydrogen-bond donors (Lipinski definition) is 3. The Morgan fingerprint density at radius 1 is 0.853 bits per heavy atom. The Kier molecular flexibility index (Phi) is 9.05. The molecule has 0 fully saturated rings. The second-order valence-corrected chi connectivity index (χ2v) is 11.5. The molecule has 0 saturated carbocycles. The van der Waals surface area contributed by atoms with Crippen LogP contribution in [0.3, 0.4) is 0 Å². The van der Waals surface area contributed by atoms with Gasteiger partial charge in [0.1, 0.15) is 19.9 Å². The molecule has 3 aromatic rings. The summed E-state index contributed by atoms with van der Waals surface area (Å²) in [7, 11) is -3.37. The molecule has 0 bridgehead atoms. The zero-order valence-corrected chi connectivity index (χ0v) is 20.3. The van der Waals surface area contributed by atoms with Crippen molar-refractivity contribution in [3.8, 4) is 0 Å². The zero-order chi connectivity index (χ0) is 24.6. The number of benzene rings is 3. The molecule has 0 spiro atoms. The third kappa shape index (κ3) is 6.15. The van der Waals surface area contributed by atoms with Crippen molar-refractivity contribution in [2.24, 2.45) is 5.92 Å². The first kappa shape index (κ1) is 25.7. The monoisotopic (exact) mass is 481 g/mol. The summed E-state index contributed by atoms with van der Waals surface area (Å²) in [5.41, 5.74) is 0.120. The predicted molar refractivity (Wildman–Crippen MR) is 135 cm³/mol. The van der Waals surface area contributed by atoms with Gasteiger partial charge in [0, 0.05) is 17.2 Å². The molecule has 0 aliphatic carbocycles. The number of aliphatic hydroxyl groups is 2. The lowest BCUT2D eigenvalue weighted by atomic mass is 10.0. The third-order valence-corrected chi connectivity index (χ3v) is 9.66. The molecule has 0 radical (unpaired) electrons. The van der Waals surface area contributed by atoms with Gasteiger partial charge in [0.05, 0.1) is 11.8 Å². The maximum Gasteiger partial charge on any atom is 0.407 e. The van der Waals surface area contributed by atoms with E-state index in [-0.39, 0.29) is 12.5 Å². The third-order valence-electron chi connectivity index (χ3n) is 5.79. The van der Waals surface area contributed by atoms with E-state index in [1.54, 1.807) is 24.3 Å². The van der Waals surface area contributed by atoms with Crippen molar-refractivity contribution in [3.63, 3.8) is 0 Å². The van der Waals surface area contributed by atoms with Gasteiger partial charge in [-0.15, -0.1) is 0 Å². The number of rotatable bonds is 10. The van der Waals surface area contributed by atoms with E-state index < -0.39 is 37.7 Å². The summed E-state index contributed by atoms with van der Waals surface area (Å²) in [6, 6.07) is 27.4. The summed E-state index contributed by atoms with van der Waals surface area (Å²) in [5, 5.41) is 25.8. The maximum absolute atomic E-state index is 14.7. The standard InChI is InChI=1S/C27H32NO5P/c1-20(2)26(34(32,22-14-8-4-9-15-22)23-16-10-5-11-17-23)25(30)24(29)19-33-27(31)28-18-21-12-6-3-7-13-21/h3-17,20,24-26,29-30H,18-19H2,1-2H3,(H,28,31)/t24?,25?,26-/m1/s1. The molecule has 0 aromatic heterocycles. The van der Waals surface area contributed by atoms with Crippen LogP contribution >= 0.6 is 7.14 Å². The van der Waals surface area contributed by atoms with E-state index in [4.69, 9.17) is 4.74 Å². The molecular weight excluding hydrogens is 449 g/mol. The van der Waals surface area contributed by atoms with E-state index in [9.17, 15) is 19.6 Å². The molecule has 0 heterocycles. The van der Waals surface area contributed by atoms with E-state index in [1.807, 2.05) is 80.6 Å². The van der Waals surface area contributed by atoms with Crippen LogP contribution in [0.2, 0.25) is 0 Å². The van der Waals surface area contributed by atoms with Crippen molar-refractivity contribution in [2.45, 2.75) is 38.3 Å². The summed E-state index contributed by atoms with van der Waals surface area (Å²) in [5.74, 6) is -0.234. The smallest absolute Gasteiger partial charge is 0.407 e. The van der Waals surface area contributed by atoms with E-state index in [1.165, 1.54) is 0 Å².